The van der Waals surface area contributed by atoms with Crippen molar-refractivity contribution in [3.05, 3.63) is 59.8 Å². The minimum Gasteiger partial charge on any atom is -0.379 e. The lowest BCUT2D eigenvalue weighted by Crippen LogP contribution is -2.49. The number of hydrogen-bond donors (Lipinski definition) is 2. The summed E-state index contributed by atoms with van der Waals surface area (Å²) in [6.07, 6.45) is 2.46. The summed E-state index contributed by atoms with van der Waals surface area (Å²) in [5, 5.41) is 6.84. The van der Waals surface area contributed by atoms with Gasteiger partial charge in [0.2, 0.25) is 0 Å². The fourth-order valence-corrected chi connectivity index (χ4v) is 4.32. The van der Waals surface area contributed by atoms with Gasteiger partial charge in [-0.1, -0.05) is 12.1 Å². The van der Waals surface area contributed by atoms with Crippen LogP contribution < -0.4 is 15.5 Å². The second-order valence-electron chi connectivity index (χ2n) is 8.06. The van der Waals surface area contributed by atoms with Crippen molar-refractivity contribution in [1.29, 1.82) is 0 Å². The van der Waals surface area contributed by atoms with Crippen molar-refractivity contribution in [2.75, 3.05) is 57.9 Å². The molecule has 0 aliphatic carbocycles. The number of nitrogens with zero attached hydrogens (tertiary/aromatic N) is 4. The van der Waals surface area contributed by atoms with Crippen LogP contribution in [-0.4, -0.2) is 74.9 Å². The van der Waals surface area contributed by atoms with Crippen molar-refractivity contribution in [2.45, 2.75) is 18.5 Å². The van der Waals surface area contributed by atoms with Gasteiger partial charge in [0.1, 0.15) is 5.82 Å². The highest BCUT2D eigenvalue weighted by atomic mass is 19.1. The Morgan fingerprint density at radius 2 is 2.06 bits per heavy atom. The first kappa shape index (κ1) is 22.4. The van der Waals surface area contributed by atoms with Crippen LogP contribution in [0, 0.1) is 11.6 Å². The molecule has 0 radical (unpaired) electrons. The Balaban J connectivity index is 1.37. The number of pyridine rings is 1. The Morgan fingerprint density at radius 1 is 1.22 bits per heavy atom. The summed E-state index contributed by atoms with van der Waals surface area (Å²) in [6.45, 7) is 4.87. The van der Waals surface area contributed by atoms with Gasteiger partial charge in [0.25, 0.3) is 0 Å². The van der Waals surface area contributed by atoms with Gasteiger partial charge >= 0.3 is 0 Å². The predicted molar refractivity (Wildman–Crippen MR) is 121 cm³/mol. The van der Waals surface area contributed by atoms with E-state index in [0.29, 0.717) is 38.1 Å². The molecule has 1 aromatic heterocycles. The topological polar surface area (TPSA) is 65.0 Å². The van der Waals surface area contributed by atoms with Crippen molar-refractivity contribution in [3.8, 4) is 0 Å². The number of morpholine rings is 1. The number of rotatable bonds is 6. The zero-order valence-electron chi connectivity index (χ0n) is 18.3. The third-order valence-electron chi connectivity index (χ3n) is 5.97. The number of aromatic nitrogens is 1. The highest BCUT2D eigenvalue weighted by Crippen LogP contribution is 2.23. The quantitative estimate of drug-likeness (QED) is 0.526. The maximum absolute atomic E-state index is 14.1. The van der Waals surface area contributed by atoms with Crippen molar-refractivity contribution >= 4 is 11.8 Å². The Kier molecular flexibility index (Phi) is 7.49. The van der Waals surface area contributed by atoms with Gasteiger partial charge in [-0.3, -0.25) is 9.89 Å². The number of benzene rings is 1. The number of aliphatic imine (C=N–C) groups is 1. The molecule has 1 aromatic carbocycles. The van der Waals surface area contributed by atoms with Gasteiger partial charge in [-0.05, 0) is 36.2 Å². The maximum Gasteiger partial charge on any atom is 0.191 e. The lowest BCUT2D eigenvalue weighted by molar-refractivity contribution is 0.0169. The zero-order chi connectivity index (χ0) is 22.3. The molecule has 0 saturated carbocycles. The van der Waals surface area contributed by atoms with Crippen LogP contribution in [-0.2, 0) is 4.74 Å². The third kappa shape index (κ3) is 5.52. The van der Waals surface area contributed by atoms with E-state index in [2.05, 4.69) is 25.5 Å². The SMILES string of the molecule is CN=C(NCC(c1cccc(F)c1)N1CCOCC1)NC1CCN(c2ncccc2F)C1. The fraction of sp³-hybridized carbons (Fsp3) is 0.478. The highest BCUT2D eigenvalue weighted by Gasteiger charge is 2.27. The number of halogens is 2. The lowest BCUT2D eigenvalue weighted by Gasteiger charge is -2.35. The normalized spacial score (nSPS) is 20.9. The molecule has 0 spiro atoms. The average molecular weight is 445 g/mol. The summed E-state index contributed by atoms with van der Waals surface area (Å²) in [4.78, 5) is 12.8. The van der Waals surface area contributed by atoms with Gasteiger partial charge in [-0.2, -0.15) is 0 Å². The average Bonchev–Trinajstić information content (AvgIpc) is 3.28. The van der Waals surface area contributed by atoms with E-state index in [0.717, 1.165) is 31.6 Å². The fourth-order valence-electron chi connectivity index (χ4n) is 4.32. The van der Waals surface area contributed by atoms with Gasteiger partial charge in [-0.25, -0.2) is 13.8 Å². The van der Waals surface area contributed by atoms with Crippen molar-refractivity contribution in [1.82, 2.24) is 20.5 Å². The van der Waals surface area contributed by atoms with Gasteiger partial charge in [0, 0.05) is 52.0 Å². The molecule has 2 unspecified atom stereocenters. The molecule has 32 heavy (non-hydrogen) atoms. The van der Waals surface area contributed by atoms with E-state index in [9.17, 15) is 8.78 Å². The molecule has 2 aliphatic rings. The smallest absolute Gasteiger partial charge is 0.191 e. The van der Waals surface area contributed by atoms with E-state index < -0.39 is 0 Å². The lowest BCUT2D eigenvalue weighted by atomic mass is 10.0. The molecule has 3 heterocycles. The maximum atomic E-state index is 14.1. The molecule has 2 saturated heterocycles. The molecular formula is C23H30F2N6O. The van der Waals surface area contributed by atoms with E-state index in [-0.39, 0.29) is 23.7 Å². The standard InChI is InChI=1S/C23H30F2N6O/c1-26-23(29-19-7-9-31(16-19)22-20(25)6-3-8-27-22)28-15-21(30-10-12-32-13-11-30)17-4-2-5-18(24)14-17/h2-6,8,14,19,21H,7,9-13,15-16H2,1H3,(H2,26,28,29). The summed E-state index contributed by atoms with van der Waals surface area (Å²) < 4.78 is 33.5. The first-order valence-electron chi connectivity index (χ1n) is 11.0. The third-order valence-corrected chi connectivity index (χ3v) is 5.97. The summed E-state index contributed by atoms with van der Waals surface area (Å²) in [6, 6.07) is 9.90. The number of guanidine groups is 1. The molecule has 2 atom stereocenters. The first-order valence-corrected chi connectivity index (χ1v) is 11.0. The molecule has 2 aliphatic heterocycles. The van der Waals surface area contributed by atoms with Crippen LogP contribution in [0.1, 0.15) is 18.0 Å². The van der Waals surface area contributed by atoms with Crippen molar-refractivity contribution < 1.29 is 13.5 Å². The minimum atomic E-state index is -0.306. The summed E-state index contributed by atoms with van der Waals surface area (Å²) in [7, 11) is 1.73. The van der Waals surface area contributed by atoms with E-state index in [1.807, 2.05) is 11.0 Å². The monoisotopic (exact) mass is 444 g/mol. The minimum absolute atomic E-state index is 0.00385. The van der Waals surface area contributed by atoms with Crippen molar-refractivity contribution in [3.63, 3.8) is 0 Å². The molecule has 2 aromatic rings. The van der Waals surface area contributed by atoms with Crippen LogP contribution in [0.3, 0.4) is 0 Å². The predicted octanol–water partition coefficient (Wildman–Crippen LogP) is 2.18. The first-order chi connectivity index (χ1) is 15.6. The molecular weight excluding hydrogens is 414 g/mol. The van der Waals surface area contributed by atoms with E-state index in [1.165, 1.54) is 12.1 Å². The van der Waals surface area contributed by atoms with Crippen LogP contribution in [0.5, 0.6) is 0 Å². The Labute approximate surface area is 187 Å². The molecule has 2 fully saturated rings. The summed E-state index contributed by atoms with van der Waals surface area (Å²) in [5.41, 5.74) is 0.924. The summed E-state index contributed by atoms with van der Waals surface area (Å²) in [5.74, 6) is 0.515. The van der Waals surface area contributed by atoms with Crippen LogP contribution >= 0.6 is 0 Å². The van der Waals surface area contributed by atoms with Crippen LogP contribution in [0.15, 0.2) is 47.6 Å². The molecule has 0 amide bonds. The molecule has 7 nitrogen and oxygen atoms in total. The van der Waals surface area contributed by atoms with Crippen LogP contribution in [0.2, 0.25) is 0 Å². The molecule has 0 bridgehead atoms. The van der Waals surface area contributed by atoms with Gasteiger partial charge in [0.05, 0.1) is 19.3 Å². The number of hydrogen-bond acceptors (Lipinski definition) is 5. The molecule has 172 valence electrons. The summed E-state index contributed by atoms with van der Waals surface area (Å²) >= 11 is 0. The van der Waals surface area contributed by atoms with Crippen molar-refractivity contribution in [2.24, 2.45) is 4.99 Å². The van der Waals surface area contributed by atoms with Gasteiger partial charge in [0.15, 0.2) is 17.6 Å². The Hall–Kier alpha value is -2.78. The highest BCUT2D eigenvalue weighted by molar-refractivity contribution is 5.80. The number of anilines is 1. The largest absolute Gasteiger partial charge is 0.379 e. The number of ether oxygens (including phenoxy) is 1. The van der Waals surface area contributed by atoms with Gasteiger partial charge in [-0.15, -0.1) is 0 Å². The van der Waals surface area contributed by atoms with Gasteiger partial charge < -0.3 is 20.3 Å². The Morgan fingerprint density at radius 3 is 2.81 bits per heavy atom. The van der Waals surface area contributed by atoms with E-state index in [1.54, 1.807) is 31.4 Å². The van der Waals surface area contributed by atoms with E-state index >= 15 is 0 Å². The second kappa shape index (κ2) is 10.7. The van der Waals surface area contributed by atoms with E-state index in [4.69, 9.17) is 4.74 Å². The zero-order valence-corrected chi connectivity index (χ0v) is 18.3. The second-order valence-corrected chi connectivity index (χ2v) is 8.06. The number of nitrogens with one attached hydrogen (secondary N) is 2. The molecule has 2 N–H and O–H groups in total. The Bertz CT molecular complexity index is 921. The molecule has 4 rings (SSSR count). The van der Waals surface area contributed by atoms with Crippen LogP contribution in [0.25, 0.3) is 0 Å². The molecule has 9 heteroatoms. The van der Waals surface area contributed by atoms with Crippen LogP contribution in [0.4, 0.5) is 14.6 Å².